The van der Waals surface area contributed by atoms with E-state index in [1.807, 2.05) is 13.8 Å². The lowest BCUT2D eigenvalue weighted by atomic mass is 10.0. The molecule has 0 spiro atoms. The summed E-state index contributed by atoms with van der Waals surface area (Å²) in [5.74, 6) is -1.50. The maximum Gasteiger partial charge on any atom is 0.335 e. The van der Waals surface area contributed by atoms with Gasteiger partial charge in [-0.1, -0.05) is 30.7 Å². The van der Waals surface area contributed by atoms with Gasteiger partial charge in [-0.3, -0.25) is 0 Å². The maximum absolute atomic E-state index is 13.2. The molecular weight excluding hydrogens is 219 g/mol. The second-order valence-corrected chi connectivity index (χ2v) is 3.62. The van der Waals surface area contributed by atoms with E-state index >= 15 is 0 Å². The predicted molar refractivity (Wildman–Crippen MR) is 68.4 cm³/mol. The van der Waals surface area contributed by atoms with Crippen LogP contribution in [0.15, 0.2) is 46.9 Å². The lowest BCUT2D eigenvalue weighted by Crippen LogP contribution is -2.02. The van der Waals surface area contributed by atoms with Gasteiger partial charge in [0.2, 0.25) is 0 Å². The first kappa shape index (κ1) is 15.4. The van der Waals surface area contributed by atoms with E-state index in [9.17, 15) is 9.18 Å². The van der Waals surface area contributed by atoms with Crippen molar-refractivity contribution in [3.05, 3.63) is 46.9 Å². The van der Waals surface area contributed by atoms with Gasteiger partial charge in [0.15, 0.2) is 0 Å². The SMILES string of the molecule is C\C=C(F)/C=C(\C=C(/C)CC)C(=C\C)/C(=O)O. The van der Waals surface area contributed by atoms with Crippen molar-refractivity contribution in [3.63, 3.8) is 0 Å². The number of allylic oxidation sites excluding steroid dienone is 6. The van der Waals surface area contributed by atoms with Crippen LogP contribution in [0.25, 0.3) is 0 Å². The van der Waals surface area contributed by atoms with Gasteiger partial charge in [-0.2, -0.15) is 0 Å². The van der Waals surface area contributed by atoms with Gasteiger partial charge in [-0.15, -0.1) is 0 Å². The minimum atomic E-state index is -1.05. The fraction of sp³-hybridized carbons (Fsp3) is 0.357. The highest BCUT2D eigenvalue weighted by Crippen LogP contribution is 2.18. The van der Waals surface area contributed by atoms with E-state index in [-0.39, 0.29) is 5.57 Å². The zero-order chi connectivity index (χ0) is 13.4. The molecule has 0 bridgehead atoms. The van der Waals surface area contributed by atoms with Crippen molar-refractivity contribution >= 4 is 5.97 Å². The van der Waals surface area contributed by atoms with E-state index in [4.69, 9.17) is 5.11 Å². The van der Waals surface area contributed by atoms with Crippen LogP contribution in [0.2, 0.25) is 0 Å². The largest absolute Gasteiger partial charge is 0.478 e. The molecule has 0 aromatic carbocycles. The Hall–Kier alpha value is -1.64. The van der Waals surface area contributed by atoms with Gasteiger partial charge in [0, 0.05) is 0 Å². The molecule has 0 heterocycles. The number of hydrogen-bond donors (Lipinski definition) is 1. The van der Waals surface area contributed by atoms with Crippen LogP contribution in [0, 0.1) is 0 Å². The summed E-state index contributed by atoms with van der Waals surface area (Å²) in [4.78, 5) is 11.0. The van der Waals surface area contributed by atoms with Crippen LogP contribution in [0.1, 0.15) is 34.1 Å². The number of carboxylic acids is 1. The van der Waals surface area contributed by atoms with Crippen LogP contribution in [-0.2, 0) is 4.79 Å². The summed E-state index contributed by atoms with van der Waals surface area (Å²) in [6.45, 7) is 7.04. The van der Waals surface area contributed by atoms with E-state index in [1.54, 1.807) is 19.9 Å². The average Bonchev–Trinajstić information content (AvgIpc) is 2.28. The second-order valence-electron chi connectivity index (χ2n) is 3.62. The van der Waals surface area contributed by atoms with Crippen molar-refractivity contribution in [2.24, 2.45) is 0 Å². The van der Waals surface area contributed by atoms with Gasteiger partial charge in [0.1, 0.15) is 5.83 Å². The molecule has 94 valence electrons. The summed E-state index contributed by atoms with van der Waals surface area (Å²) in [7, 11) is 0. The molecule has 0 amide bonds. The van der Waals surface area contributed by atoms with Crippen molar-refractivity contribution in [3.8, 4) is 0 Å². The Morgan fingerprint density at radius 3 is 2.18 bits per heavy atom. The zero-order valence-electron chi connectivity index (χ0n) is 10.7. The standard InChI is InChI=1S/C14H19FO2/c1-5-10(4)8-11(9-12(15)6-2)13(7-3)14(16)17/h6-9H,5H2,1-4H3,(H,16,17)/b10-8+,11-9+,12-6+,13-7+. The molecule has 2 nitrogen and oxygen atoms in total. The van der Waals surface area contributed by atoms with Crippen molar-refractivity contribution in [2.75, 3.05) is 0 Å². The lowest BCUT2D eigenvalue weighted by Gasteiger charge is -2.05. The molecule has 0 aliphatic rings. The van der Waals surface area contributed by atoms with E-state index in [0.717, 1.165) is 12.0 Å². The van der Waals surface area contributed by atoms with Crippen LogP contribution in [-0.4, -0.2) is 11.1 Å². The Morgan fingerprint density at radius 1 is 1.24 bits per heavy atom. The third-order valence-corrected chi connectivity index (χ3v) is 2.36. The monoisotopic (exact) mass is 238 g/mol. The average molecular weight is 238 g/mol. The highest BCUT2D eigenvalue weighted by molar-refractivity contribution is 5.93. The highest BCUT2D eigenvalue weighted by atomic mass is 19.1. The summed E-state index contributed by atoms with van der Waals surface area (Å²) in [5.41, 5.74) is 1.49. The third-order valence-electron chi connectivity index (χ3n) is 2.36. The summed E-state index contributed by atoms with van der Waals surface area (Å²) in [6, 6.07) is 0. The minimum absolute atomic E-state index is 0.106. The Labute approximate surface area is 102 Å². The first-order chi connectivity index (χ1) is 7.96. The molecular formula is C14H19FO2. The number of hydrogen-bond acceptors (Lipinski definition) is 1. The van der Waals surface area contributed by atoms with Crippen LogP contribution in [0.5, 0.6) is 0 Å². The topological polar surface area (TPSA) is 37.3 Å². The summed E-state index contributed by atoms with van der Waals surface area (Å²) < 4.78 is 13.2. The molecule has 0 radical (unpaired) electrons. The maximum atomic E-state index is 13.2. The van der Waals surface area contributed by atoms with Crippen LogP contribution in [0.3, 0.4) is 0 Å². The van der Waals surface area contributed by atoms with Crippen LogP contribution in [0.4, 0.5) is 4.39 Å². The Balaban J connectivity index is 5.57. The lowest BCUT2D eigenvalue weighted by molar-refractivity contribution is -0.132. The molecule has 0 aliphatic carbocycles. The number of halogens is 1. The molecule has 0 fully saturated rings. The van der Waals surface area contributed by atoms with E-state index in [0.29, 0.717) is 5.57 Å². The number of carbonyl (C=O) groups is 1. The van der Waals surface area contributed by atoms with Crippen molar-refractivity contribution in [2.45, 2.75) is 34.1 Å². The van der Waals surface area contributed by atoms with Gasteiger partial charge in [-0.25, -0.2) is 9.18 Å². The fourth-order valence-corrected chi connectivity index (χ4v) is 1.21. The molecule has 0 saturated carbocycles. The molecule has 1 N–H and O–H groups in total. The normalized spacial score (nSPS) is 15.1. The molecule has 0 rings (SSSR count). The van der Waals surface area contributed by atoms with E-state index in [2.05, 4.69) is 0 Å². The van der Waals surface area contributed by atoms with Crippen molar-refractivity contribution in [1.29, 1.82) is 0 Å². The number of carboxylic acid groups (broad SMARTS) is 1. The number of aliphatic carboxylic acids is 1. The second kappa shape index (κ2) is 7.60. The molecule has 0 aromatic heterocycles. The van der Waals surface area contributed by atoms with Gasteiger partial charge in [-0.05, 0) is 38.8 Å². The Morgan fingerprint density at radius 2 is 1.82 bits per heavy atom. The quantitative estimate of drug-likeness (QED) is 0.576. The minimum Gasteiger partial charge on any atom is -0.478 e. The van der Waals surface area contributed by atoms with Gasteiger partial charge >= 0.3 is 5.97 Å². The number of rotatable bonds is 5. The van der Waals surface area contributed by atoms with Crippen molar-refractivity contribution < 1.29 is 14.3 Å². The smallest absolute Gasteiger partial charge is 0.335 e. The predicted octanol–water partition coefficient (Wildman–Crippen LogP) is 4.17. The Kier molecular flexibility index (Phi) is 6.87. The molecule has 17 heavy (non-hydrogen) atoms. The van der Waals surface area contributed by atoms with Gasteiger partial charge < -0.3 is 5.11 Å². The molecule has 0 atom stereocenters. The summed E-state index contributed by atoms with van der Waals surface area (Å²) >= 11 is 0. The summed E-state index contributed by atoms with van der Waals surface area (Å²) in [6.07, 6.45) is 6.50. The van der Waals surface area contributed by atoms with Crippen LogP contribution >= 0.6 is 0 Å². The highest BCUT2D eigenvalue weighted by Gasteiger charge is 2.11. The first-order valence-corrected chi connectivity index (χ1v) is 5.56. The van der Waals surface area contributed by atoms with Gasteiger partial charge in [0.05, 0.1) is 5.57 Å². The molecule has 0 saturated heterocycles. The van der Waals surface area contributed by atoms with E-state index < -0.39 is 11.8 Å². The molecule has 0 unspecified atom stereocenters. The van der Waals surface area contributed by atoms with Crippen molar-refractivity contribution in [1.82, 2.24) is 0 Å². The Bertz CT molecular complexity index is 398. The van der Waals surface area contributed by atoms with Crippen LogP contribution < -0.4 is 0 Å². The molecule has 0 aromatic rings. The molecule has 0 aliphatic heterocycles. The summed E-state index contributed by atoms with van der Waals surface area (Å²) in [5, 5.41) is 9.03. The zero-order valence-corrected chi connectivity index (χ0v) is 10.7. The third kappa shape index (κ3) is 5.29. The first-order valence-electron chi connectivity index (χ1n) is 5.56. The van der Waals surface area contributed by atoms with E-state index in [1.165, 1.54) is 18.2 Å². The fourth-order valence-electron chi connectivity index (χ4n) is 1.21. The van der Waals surface area contributed by atoms with Gasteiger partial charge in [0.25, 0.3) is 0 Å². The molecule has 3 heteroatoms.